The Morgan fingerprint density at radius 3 is 2.29 bits per heavy atom. The molecular formula is C22H29Cl2N3O. The molecule has 0 aliphatic carbocycles. The summed E-state index contributed by atoms with van der Waals surface area (Å²) in [5, 5.41) is 3.43. The second kappa shape index (κ2) is 10.1. The van der Waals surface area contributed by atoms with Gasteiger partial charge in [-0.05, 0) is 67.7 Å². The van der Waals surface area contributed by atoms with Crippen LogP contribution < -0.4 is 10.2 Å². The van der Waals surface area contributed by atoms with E-state index in [2.05, 4.69) is 53.5 Å². The molecule has 2 aromatic carbocycles. The summed E-state index contributed by atoms with van der Waals surface area (Å²) in [6, 6.07) is 14.8. The van der Waals surface area contributed by atoms with Crippen molar-refractivity contribution in [1.82, 2.24) is 10.2 Å². The smallest absolute Gasteiger partial charge is 0.253 e. The van der Waals surface area contributed by atoms with Gasteiger partial charge in [-0.1, -0.05) is 24.3 Å². The molecule has 0 saturated carbocycles. The lowest BCUT2D eigenvalue weighted by atomic mass is 9.99. The van der Waals surface area contributed by atoms with E-state index >= 15 is 0 Å². The zero-order valence-corrected chi connectivity index (χ0v) is 18.0. The fraction of sp³-hybridized carbons (Fsp3) is 0.409. The third-order valence-electron chi connectivity index (χ3n) is 5.62. The minimum atomic E-state index is 0. The topological polar surface area (TPSA) is 35.6 Å². The number of nitrogens with one attached hydrogen (secondary N) is 1. The largest absolute Gasteiger partial charge is 0.368 e. The molecule has 1 fully saturated rings. The SMILES string of the molecule is Cc1ccccc1N1CCN(C(=O)c2ccc3c(c2)CCNCC3)CC1.Cl.Cl. The number of halogens is 2. The summed E-state index contributed by atoms with van der Waals surface area (Å²) in [5.41, 5.74) is 6.15. The van der Waals surface area contributed by atoms with Gasteiger partial charge in [0, 0.05) is 37.4 Å². The fourth-order valence-corrected chi connectivity index (χ4v) is 4.06. The van der Waals surface area contributed by atoms with Crippen LogP contribution in [0.2, 0.25) is 0 Å². The van der Waals surface area contributed by atoms with E-state index in [9.17, 15) is 4.79 Å². The molecule has 2 aromatic rings. The number of hydrogen-bond acceptors (Lipinski definition) is 3. The number of piperazine rings is 1. The van der Waals surface area contributed by atoms with Crippen molar-refractivity contribution < 1.29 is 4.79 Å². The lowest BCUT2D eigenvalue weighted by Gasteiger charge is -2.37. The van der Waals surface area contributed by atoms with E-state index < -0.39 is 0 Å². The first kappa shape index (κ1) is 22.5. The van der Waals surface area contributed by atoms with Crippen molar-refractivity contribution in [2.75, 3.05) is 44.2 Å². The summed E-state index contributed by atoms with van der Waals surface area (Å²) in [6.45, 7) is 7.53. The highest BCUT2D eigenvalue weighted by molar-refractivity contribution is 5.94. The van der Waals surface area contributed by atoms with Crippen LogP contribution in [-0.2, 0) is 12.8 Å². The fourth-order valence-electron chi connectivity index (χ4n) is 4.06. The predicted octanol–water partition coefficient (Wildman–Crippen LogP) is 3.49. The molecule has 0 unspecified atom stereocenters. The summed E-state index contributed by atoms with van der Waals surface area (Å²) in [5.74, 6) is 0.175. The van der Waals surface area contributed by atoms with Gasteiger partial charge < -0.3 is 15.1 Å². The number of hydrogen-bond donors (Lipinski definition) is 1. The molecule has 4 rings (SSSR count). The number of benzene rings is 2. The number of rotatable bonds is 2. The van der Waals surface area contributed by atoms with Gasteiger partial charge >= 0.3 is 0 Å². The van der Waals surface area contributed by atoms with E-state index in [0.717, 1.165) is 57.7 Å². The van der Waals surface area contributed by atoms with Crippen molar-refractivity contribution in [1.29, 1.82) is 0 Å². The Kier molecular flexibility index (Phi) is 8.17. The van der Waals surface area contributed by atoms with Gasteiger partial charge in [0.2, 0.25) is 0 Å². The molecule has 6 heteroatoms. The third kappa shape index (κ3) is 4.80. The van der Waals surface area contributed by atoms with Crippen LogP contribution in [0.1, 0.15) is 27.0 Å². The third-order valence-corrected chi connectivity index (χ3v) is 5.62. The molecule has 1 amide bonds. The van der Waals surface area contributed by atoms with Crippen LogP contribution in [0.4, 0.5) is 5.69 Å². The van der Waals surface area contributed by atoms with Crippen molar-refractivity contribution in [2.24, 2.45) is 0 Å². The monoisotopic (exact) mass is 421 g/mol. The second-order valence-electron chi connectivity index (χ2n) is 7.30. The van der Waals surface area contributed by atoms with Crippen molar-refractivity contribution in [3.05, 3.63) is 64.7 Å². The molecule has 0 atom stereocenters. The van der Waals surface area contributed by atoms with Crippen molar-refractivity contribution >= 4 is 36.4 Å². The maximum absolute atomic E-state index is 13.0. The highest BCUT2D eigenvalue weighted by Gasteiger charge is 2.23. The first-order valence-electron chi connectivity index (χ1n) is 9.65. The average Bonchev–Trinajstić information content (AvgIpc) is 2.93. The van der Waals surface area contributed by atoms with Gasteiger partial charge in [0.15, 0.2) is 0 Å². The number of carbonyl (C=O) groups excluding carboxylic acids is 1. The number of fused-ring (bicyclic) bond motifs is 1. The standard InChI is InChI=1S/C22H27N3O.2ClH/c1-17-4-2-3-5-21(17)24-12-14-25(15-13-24)22(26)20-7-6-18-8-10-23-11-9-19(18)16-20;;/h2-7,16,23H,8-15H2,1H3;2*1H. The van der Waals surface area contributed by atoms with Gasteiger partial charge in [-0.15, -0.1) is 24.8 Å². The van der Waals surface area contributed by atoms with E-state index in [4.69, 9.17) is 0 Å². The van der Waals surface area contributed by atoms with Crippen LogP contribution in [0.15, 0.2) is 42.5 Å². The highest BCUT2D eigenvalue weighted by Crippen LogP contribution is 2.22. The summed E-state index contributed by atoms with van der Waals surface area (Å²) in [4.78, 5) is 17.4. The normalized spacial score (nSPS) is 16.3. The van der Waals surface area contributed by atoms with Gasteiger partial charge in [0.25, 0.3) is 5.91 Å². The van der Waals surface area contributed by atoms with Crippen LogP contribution in [0.3, 0.4) is 0 Å². The Bertz CT molecular complexity index is 804. The van der Waals surface area contributed by atoms with E-state index in [0.29, 0.717) is 0 Å². The average molecular weight is 422 g/mol. The molecule has 4 nitrogen and oxygen atoms in total. The molecule has 1 saturated heterocycles. The quantitative estimate of drug-likeness (QED) is 0.805. The Balaban J connectivity index is 0.00000140. The van der Waals surface area contributed by atoms with Crippen LogP contribution in [0.25, 0.3) is 0 Å². The maximum Gasteiger partial charge on any atom is 0.253 e. The number of aryl methyl sites for hydroxylation is 1. The zero-order valence-electron chi connectivity index (χ0n) is 16.3. The second-order valence-corrected chi connectivity index (χ2v) is 7.30. The summed E-state index contributed by atoms with van der Waals surface area (Å²) in [6.07, 6.45) is 2.07. The first-order chi connectivity index (χ1) is 12.7. The van der Waals surface area contributed by atoms with Gasteiger partial charge in [0.1, 0.15) is 0 Å². The van der Waals surface area contributed by atoms with E-state index in [1.807, 2.05) is 11.0 Å². The van der Waals surface area contributed by atoms with E-state index in [-0.39, 0.29) is 30.7 Å². The lowest BCUT2D eigenvalue weighted by Crippen LogP contribution is -2.49. The Hall–Kier alpha value is -1.75. The van der Waals surface area contributed by atoms with E-state index in [1.54, 1.807) is 0 Å². The molecule has 2 aliphatic rings. The van der Waals surface area contributed by atoms with Gasteiger partial charge in [-0.3, -0.25) is 4.79 Å². The van der Waals surface area contributed by atoms with Crippen molar-refractivity contribution in [3.8, 4) is 0 Å². The van der Waals surface area contributed by atoms with Crippen molar-refractivity contribution in [2.45, 2.75) is 19.8 Å². The molecular weight excluding hydrogens is 393 g/mol. The molecule has 28 heavy (non-hydrogen) atoms. The molecule has 0 radical (unpaired) electrons. The zero-order chi connectivity index (χ0) is 17.9. The minimum Gasteiger partial charge on any atom is -0.368 e. The summed E-state index contributed by atoms with van der Waals surface area (Å²) < 4.78 is 0. The molecule has 1 N–H and O–H groups in total. The number of anilines is 1. The molecule has 0 aromatic heterocycles. The number of carbonyl (C=O) groups is 1. The molecule has 2 heterocycles. The minimum absolute atomic E-state index is 0. The molecule has 0 bridgehead atoms. The Morgan fingerprint density at radius 1 is 0.893 bits per heavy atom. The van der Waals surface area contributed by atoms with Gasteiger partial charge in [0.05, 0.1) is 0 Å². The van der Waals surface area contributed by atoms with E-state index in [1.165, 1.54) is 22.4 Å². The Morgan fingerprint density at radius 2 is 1.57 bits per heavy atom. The predicted molar refractivity (Wildman–Crippen MR) is 121 cm³/mol. The molecule has 2 aliphatic heterocycles. The summed E-state index contributed by atoms with van der Waals surface area (Å²) in [7, 11) is 0. The summed E-state index contributed by atoms with van der Waals surface area (Å²) >= 11 is 0. The van der Waals surface area contributed by atoms with Crippen LogP contribution in [-0.4, -0.2) is 50.1 Å². The maximum atomic E-state index is 13.0. The van der Waals surface area contributed by atoms with Crippen molar-refractivity contribution in [3.63, 3.8) is 0 Å². The molecule has 0 spiro atoms. The molecule has 152 valence electrons. The number of amides is 1. The number of para-hydroxylation sites is 1. The van der Waals surface area contributed by atoms with Crippen LogP contribution >= 0.6 is 24.8 Å². The Labute approximate surface area is 180 Å². The van der Waals surface area contributed by atoms with Gasteiger partial charge in [-0.25, -0.2) is 0 Å². The lowest BCUT2D eigenvalue weighted by molar-refractivity contribution is 0.0746. The highest BCUT2D eigenvalue weighted by atomic mass is 35.5. The van der Waals surface area contributed by atoms with Crippen LogP contribution in [0, 0.1) is 6.92 Å². The van der Waals surface area contributed by atoms with Crippen LogP contribution in [0.5, 0.6) is 0 Å². The van der Waals surface area contributed by atoms with Gasteiger partial charge in [-0.2, -0.15) is 0 Å². The first-order valence-corrected chi connectivity index (χ1v) is 9.65. The number of nitrogens with zero attached hydrogens (tertiary/aromatic N) is 2.